The van der Waals surface area contributed by atoms with Gasteiger partial charge in [-0.2, -0.15) is 0 Å². The molecule has 0 radical (unpaired) electrons. The molecule has 184 valence electrons. The van der Waals surface area contributed by atoms with Gasteiger partial charge in [-0.3, -0.25) is 4.98 Å². The second kappa shape index (κ2) is 11.3. The molecule has 8 heteroatoms. The maximum atomic E-state index is 14.6. The summed E-state index contributed by atoms with van der Waals surface area (Å²) in [7, 11) is 1.54. The van der Waals surface area contributed by atoms with Crippen molar-refractivity contribution in [3.05, 3.63) is 77.7 Å². The highest BCUT2D eigenvalue weighted by atomic mass is 35.5. The van der Waals surface area contributed by atoms with E-state index in [9.17, 15) is 9.50 Å². The van der Waals surface area contributed by atoms with E-state index in [1.165, 1.54) is 22.5 Å². The Morgan fingerprint density at radius 2 is 1.94 bits per heavy atom. The first-order valence-corrected chi connectivity index (χ1v) is 11.7. The molecule has 2 aromatic heterocycles. The summed E-state index contributed by atoms with van der Waals surface area (Å²) < 4.78 is 19.8. The molecule has 1 fully saturated rings. The molecule has 0 saturated carbocycles. The van der Waals surface area contributed by atoms with Gasteiger partial charge in [0.25, 0.3) is 0 Å². The van der Waals surface area contributed by atoms with Gasteiger partial charge in [-0.05, 0) is 34.9 Å². The molecule has 0 bridgehead atoms. The number of β-amino-alcohol motifs (C(OH)–C–C–N with tert-alkyl or cyclic N) is 1. The number of methoxy groups -OCH3 is 1. The Morgan fingerprint density at radius 3 is 2.77 bits per heavy atom. The molecule has 35 heavy (non-hydrogen) atoms. The first-order valence-electron chi connectivity index (χ1n) is 11.7. The quantitative estimate of drug-likeness (QED) is 0.384. The number of nitrogens with zero attached hydrogens (tertiary/aromatic N) is 3. The van der Waals surface area contributed by atoms with E-state index in [-0.39, 0.29) is 24.1 Å². The van der Waals surface area contributed by atoms with Gasteiger partial charge in [-0.1, -0.05) is 36.4 Å². The van der Waals surface area contributed by atoms with Gasteiger partial charge in [0.15, 0.2) is 0 Å². The van der Waals surface area contributed by atoms with Crippen LogP contribution in [0.1, 0.15) is 11.1 Å². The molecular formula is C27H30ClFN4O2. The minimum atomic E-state index is -0.402. The van der Waals surface area contributed by atoms with Crippen molar-refractivity contribution in [2.24, 2.45) is 5.92 Å². The highest BCUT2D eigenvalue weighted by molar-refractivity contribution is 5.85. The Morgan fingerprint density at radius 1 is 1.11 bits per heavy atom. The number of likely N-dealkylation sites (tertiary alicyclic amines) is 1. The molecule has 3 heterocycles. The molecule has 4 aromatic rings. The number of halogens is 2. The van der Waals surface area contributed by atoms with Gasteiger partial charge in [0.1, 0.15) is 5.82 Å². The summed E-state index contributed by atoms with van der Waals surface area (Å²) >= 11 is 0. The molecule has 6 nitrogen and oxygen atoms in total. The van der Waals surface area contributed by atoms with Crippen LogP contribution in [0.5, 0.6) is 5.88 Å². The van der Waals surface area contributed by atoms with Gasteiger partial charge in [0.05, 0.1) is 30.4 Å². The number of rotatable bonds is 8. The molecule has 0 unspecified atom stereocenters. The van der Waals surface area contributed by atoms with E-state index in [2.05, 4.69) is 56.6 Å². The summed E-state index contributed by atoms with van der Waals surface area (Å²) in [5, 5.41) is 16.6. The fraction of sp³-hybridized carbons (Fsp3) is 0.333. The molecule has 5 rings (SSSR count). The summed E-state index contributed by atoms with van der Waals surface area (Å²) in [6.07, 6.45) is 1.35. The second-order valence-corrected chi connectivity index (χ2v) is 8.96. The molecule has 1 aliphatic rings. The van der Waals surface area contributed by atoms with Crippen LogP contribution in [0.25, 0.3) is 21.8 Å². The number of aromatic nitrogens is 2. The maximum absolute atomic E-state index is 14.6. The first-order chi connectivity index (χ1) is 16.6. The predicted molar refractivity (Wildman–Crippen MR) is 139 cm³/mol. The minimum Gasteiger partial charge on any atom is -0.481 e. The average molecular weight is 497 g/mol. The van der Waals surface area contributed by atoms with Crippen molar-refractivity contribution in [3.8, 4) is 5.88 Å². The van der Waals surface area contributed by atoms with E-state index >= 15 is 0 Å². The maximum Gasteiger partial charge on any atom is 0.213 e. The molecule has 2 N–H and O–H groups in total. The zero-order chi connectivity index (χ0) is 23.5. The number of hydrogen-bond donors (Lipinski definition) is 2. The van der Waals surface area contributed by atoms with E-state index < -0.39 is 6.10 Å². The van der Waals surface area contributed by atoms with E-state index in [4.69, 9.17) is 4.74 Å². The van der Waals surface area contributed by atoms with E-state index in [1.54, 1.807) is 19.2 Å². The second-order valence-electron chi connectivity index (χ2n) is 8.96. The third-order valence-corrected chi connectivity index (χ3v) is 6.66. The van der Waals surface area contributed by atoms with Crippen molar-refractivity contribution in [2.45, 2.75) is 19.1 Å². The van der Waals surface area contributed by atoms with Gasteiger partial charge in [-0.15, -0.1) is 12.4 Å². The molecule has 1 saturated heterocycles. The lowest BCUT2D eigenvalue weighted by Crippen LogP contribution is -2.30. The summed E-state index contributed by atoms with van der Waals surface area (Å²) in [5.41, 5.74) is 2.95. The van der Waals surface area contributed by atoms with Crippen molar-refractivity contribution in [3.63, 3.8) is 0 Å². The summed E-state index contributed by atoms with van der Waals surface area (Å²) in [6, 6.07) is 18.3. The highest BCUT2D eigenvalue weighted by Crippen LogP contribution is 2.23. The largest absolute Gasteiger partial charge is 0.481 e. The van der Waals surface area contributed by atoms with Crippen molar-refractivity contribution in [2.75, 3.05) is 33.3 Å². The first kappa shape index (κ1) is 25.3. The summed E-state index contributed by atoms with van der Waals surface area (Å²) in [4.78, 5) is 10.7. The summed E-state index contributed by atoms with van der Waals surface area (Å²) in [6.45, 7) is 3.50. The number of pyridine rings is 2. The van der Waals surface area contributed by atoms with Crippen LogP contribution in [-0.4, -0.2) is 59.4 Å². The monoisotopic (exact) mass is 496 g/mol. The van der Waals surface area contributed by atoms with Gasteiger partial charge in [0, 0.05) is 50.3 Å². The molecule has 0 amide bonds. The highest BCUT2D eigenvalue weighted by Gasteiger charge is 2.30. The van der Waals surface area contributed by atoms with E-state index in [0.29, 0.717) is 42.0 Å². The predicted octanol–water partition coefficient (Wildman–Crippen LogP) is 3.98. The Hall–Kier alpha value is -2.84. The number of nitrogens with one attached hydrogen (secondary N) is 1. The molecule has 1 aliphatic heterocycles. The lowest BCUT2D eigenvalue weighted by Gasteiger charge is -2.17. The fourth-order valence-electron chi connectivity index (χ4n) is 4.77. The Balaban J connectivity index is 0.00000289. The van der Waals surface area contributed by atoms with Crippen molar-refractivity contribution in [1.82, 2.24) is 20.2 Å². The number of aliphatic hydroxyl groups excluding tert-OH is 1. The smallest absolute Gasteiger partial charge is 0.213 e. The number of hydrogen-bond acceptors (Lipinski definition) is 6. The van der Waals surface area contributed by atoms with Crippen LogP contribution in [0.3, 0.4) is 0 Å². The van der Waals surface area contributed by atoms with Gasteiger partial charge in [0.2, 0.25) is 5.88 Å². The van der Waals surface area contributed by atoms with Crippen molar-refractivity contribution >= 4 is 34.2 Å². The normalized spacial score (nSPS) is 18.1. The fourth-order valence-corrected chi connectivity index (χ4v) is 4.77. The topological polar surface area (TPSA) is 70.5 Å². The van der Waals surface area contributed by atoms with E-state index in [1.807, 2.05) is 6.07 Å². The van der Waals surface area contributed by atoms with Crippen molar-refractivity contribution in [1.29, 1.82) is 0 Å². The molecule has 2 atom stereocenters. The minimum absolute atomic E-state index is 0. The van der Waals surface area contributed by atoms with Crippen LogP contribution in [0.4, 0.5) is 4.39 Å². The number of aliphatic hydroxyl groups is 1. The van der Waals surface area contributed by atoms with Crippen LogP contribution in [-0.2, 0) is 13.0 Å². The van der Waals surface area contributed by atoms with Crippen LogP contribution >= 0.6 is 12.4 Å². The average Bonchev–Trinajstić information content (AvgIpc) is 3.22. The molecule has 0 spiro atoms. The van der Waals surface area contributed by atoms with Gasteiger partial charge in [-0.25, -0.2) is 9.37 Å². The van der Waals surface area contributed by atoms with Crippen LogP contribution in [0.15, 0.2) is 60.8 Å². The van der Waals surface area contributed by atoms with E-state index in [0.717, 1.165) is 19.6 Å². The Bertz CT molecular complexity index is 1300. The molecule has 0 aliphatic carbocycles. The SMILES string of the molecule is COc1ccc2ncc(F)c(CCN3C[C@H](CNCc4ccc5ccccc5c4)[C@H](O)C3)c2n1.Cl. The number of fused-ring (bicyclic) bond motifs is 2. The van der Waals surface area contributed by atoms with Crippen molar-refractivity contribution < 1.29 is 14.2 Å². The lowest BCUT2D eigenvalue weighted by atomic mass is 10.1. The number of benzene rings is 2. The third-order valence-electron chi connectivity index (χ3n) is 6.66. The lowest BCUT2D eigenvalue weighted by molar-refractivity contribution is 0.140. The van der Waals surface area contributed by atoms with Crippen LogP contribution < -0.4 is 10.1 Å². The third kappa shape index (κ3) is 5.70. The zero-order valence-corrected chi connectivity index (χ0v) is 20.5. The van der Waals surface area contributed by atoms with Crippen LogP contribution in [0, 0.1) is 11.7 Å². The van der Waals surface area contributed by atoms with Gasteiger partial charge < -0.3 is 20.1 Å². The molecular weight excluding hydrogens is 467 g/mol. The molecule has 2 aromatic carbocycles. The Kier molecular flexibility index (Phi) is 8.13. The Labute approximate surface area is 210 Å². The zero-order valence-electron chi connectivity index (χ0n) is 19.7. The summed E-state index contributed by atoms with van der Waals surface area (Å²) in [5.74, 6) is 0.217. The standard InChI is InChI=1S/C27H29FN4O2.ClH/c1-34-26-9-8-24-27(31-26)22(23(28)15-30-24)10-11-32-16-21(25(33)17-32)14-29-13-18-6-7-19-4-2-3-5-20(19)12-18;/h2-9,12,15,21,25,29,33H,10-11,13-14,16-17H2,1H3;1H/t21-,25+;/m0./s1. The van der Waals surface area contributed by atoms with Crippen LogP contribution in [0.2, 0.25) is 0 Å². The number of ether oxygens (including phenoxy) is 1. The van der Waals surface area contributed by atoms with Gasteiger partial charge >= 0.3 is 0 Å².